The van der Waals surface area contributed by atoms with E-state index in [1.54, 1.807) is 11.6 Å². The van der Waals surface area contributed by atoms with Crippen molar-refractivity contribution in [2.45, 2.75) is 23.2 Å². The summed E-state index contributed by atoms with van der Waals surface area (Å²) in [4.78, 5) is 3.81. The van der Waals surface area contributed by atoms with Crippen LogP contribution in [0, 0.1) is 5.92 Å². The van der Waals surface area contributed by atoms with Crippen LogP contribution in [0.3, 0.4) is 0 Å². The molecule has 0 amide bonds. The Morgan fingerprint density at radius 3 is 2.81 bits per heavy atom. The Balaban J connectivity index is 1.93. The summed E-state index contributed by atoms with van der Waals surface area (Å²) in [5, 5.41) is 0.279. The van der Waals surface area contributed by atoms with Gasteiger partial charge in [0.2, 0.25) is 0 Å². The number of aromatic nitrogens is 2. The van der Waals surface area contributed by atoms with Crippen molar-refractivity contribution in [1.29, 1.82) is 0 Å². The van der Waals surface area contributed by atoms with Gasteiger partial charge in [-0.2, -0.15) is 0 Å². The smallest absolute Gasteiger partial charge is 0.259 e. The number of nitrogens with zero attached hydrogens (tertiary/aromatic N) is 2. The largest absolute Gasteiger partial charge is 0.339 e. The standard InChI is InChI=1S/C9H14ClN3O2S/c1-13-5-9(11-6-13)16(14,15)12-4-7-2-8(10)3-7/h5-8,12H,2-4H2,1H3. The maximum Gasteiger partial charge on any atom is 0.259 e. The minimum Gasteiger partial charge on any atom is -0.339 e. The third-order valence-electron chi connectivity index (χ3n) is 2.70. The Hall–Kier alpha value is -0.590. The molecular formula is C9H14ClN3O2S. The van der Waals surface area contributed by atoms with Crippen molar-refractivity contribution in [1.82, 2.24) is 14.3 Å². The van der Waals surface area contributed by atoms with Crippen molar-refractivity contribution in [2.75, 3.05) is 6.54 Å². The predicted molar refractivity (Wildman–Crippen MR) is 60.8 cm³/mol. The summed E-state index contributed by atoms with van der Waals surface area (Å²) >= 11 is 5.82. The van der Waals surface area contributed by atoms with Gasteiger partial charge in [0.15, 0.2) is 5.03 Å². The highest BCUT2D eigenvalue weighted by atomic mass is 35.5. The van der Waals surface area contributed by atoms with E-state index in [1.807, 2.05) is 0 Å². The maximum absolute atomic E-state index is 11.8. The van der Waals surface area contributed by atoms with Crippen LogP contribution < -0.4 is 4.72 Å². The van der Waals surface area contributed by atoms with Crippen molar-refractivity contribution < 1.29 is 8.42 Å². The average Bonchev–Trinajstić information content (AvgIpc) is 2.58. The van der Waals surface area contributed by atoms with Crippen LogP contribution in [0.1, 0.15) is 12.8 Å². The number of sulfonamides is 1. The number of aryl methyl sites for hydroxylation is 1. The maximum atomic E-state index is 11.8. The molecule has 1 aliphatic rings. The van der Waals surface area contributed by atoms with E-state index in [1.165, 1.54) is 12.5 Å². The zero-order chi connectivity index (χ0) is 11.8. The minimum absolute atomic E-state index is 0.0664. The highest BCUT2D eigenvalue weighted by Gasteiger charge is 2.28. The summed E-state index contributed by atoms with van der Waals surface area (Å²) in [6, 6.07) is 0. The summed E-state index contributed by atoms with van der Waals surface area (Å²) in [7, 11) is -1.72. The summed E-state index contributed by atoms with van der Waals surface area (Å²) in [6.45, 7) is 0.447. The van der Waals surface area contributed by atoms with Crippen LogP contribution in [0.5, 0.6) is 0 Å². The monoisotopic (exact) mass is 263 g/mol. The fraction of sp³-hybridized carbons (Fsp3) is 0.667. The normalized spacial score (nSPS) is 25.4. The molecule has 0 aromatic carbocycles. The summed E-state index contributed by atoms with van der Waals surface area (Å²) in [6.07, 6.45) is 4.71. The second-order valence-electron chi connectivity index (χ2n) is 4.16. The SMILES string of the molecule is Cn1cnc(S(=O)(=O)NCC2CC(Cl)C2)c1. The van der Waals surface area contributed by atoms with Crippen LogP contribution in [0.25, 0.3) is 0 Å². The minimum atomic E-state index is -3.45. The van der Waals surface area contributed by atoms with Crippen LogP contribution in [-0.4, -0.2) is 29.9 Å². The van der Waals surface area contributed by atoms with Gasteiger partial charge in [-0.15, -0.1) is 11.6 Å². The fourth-order valence-corrected chi connectivity index (χ4v) is 3.25. The van der Waals surface area contributed by atoms with Crippen molar-refractivity contribution in [3.8, 4) is 0 Å². The topological polar surface area (TPSA) is 64.0 Å². The van der Waals surface area contributed by atoms with Crippen LogP contribution in [0.2, 0.25) is 0 Å². The molecular weight excluding hydrogens is 250 g/mol. The number of imidazole rings is 1. The van der Waals surface area contributed by atoms with Crippen molar-refractivity contribution >= 4 is 21.6 Å². The second kappa shape index (κ2) is 4.35. The molecule has 0 bridgehead atoms. The lowest BCUT2D eigenvalue weighted by Gasteiger charge is -2.30. The van der Waals surface area contributed by atoms with Crippen LogP contribution in [-0.2, 0) is 17.1 Å². The molecule has 0 unspecified atom stereocenters. The van der Waals surface area contributed by atoms with Crippen molar-refractivity contribution in [2.24, 2.45) is 13.0 Å². The first-order valence-electron chi connectivity index (χ1n) is 5.09. The molecule has 7 heteroatoms. The lowest BCUT2D eigenvalue weighted by Crippen LogP contribution is -2.36. The Bertz CT molecular complexity index is 465. The van der Waals surface area contributed by atoms with Gasteiger partial charge in [-0.1, -0.05) is 0 Å². The zero-order valence-electron chi connectivity index (χ0n) is 8.93. The van der Waals surface area contributed by atoms with E-state index < -0.39 is 10.0 Å². The molecule has 0 atom stereocenters. The van der Waals surface area contributed by atoms with Gasteiger partial charge < -0.3 is 4.57 Å². The van der Waals surface area contributed by atoms with Crippen LogP contribution >= 0.6 is 11.6 Å². The van der Waals surface area contributed by atoms with Gasteiger partial charge in [0.05, 0.1) is 6.33 Å². The van der Waals surface area contributed by atoms with Crippen LogP contribution in [0.15, 0.2) is 17.6 Å². The Morgan fingerprint density at radius 1 is 1.62 bits per heavy atom. The van der Waals surface area contributed by atoms with E-state index in [4.69, 9.17) is 11.6 Å². The van der Waals surface area contributed by atoms with Crippen LogP contribution in [0.4, 0.5) is 0 Å². The molecule has 1 aromatic heterocycles. The van der Waals surface area contributed by atoms with Gasteiger partial charge in [0.25, 0.3) is 10.0 Å². The van der Waals surface area contributed by atoms with E-state index in [2.05, 4.69) is 9.71 Å². The highest BCUT2D eigenvalue weighted by molar-refractivity contribution is 7.89. The molecule has 1 saturated carbocycles. The molecule has 0 radical (unpaired) electrons. The van der Waals surface area contributed by atoms with Gasteiger partial charge in [0, 0.05) is 25.2 Å². The van der Waals surface area contributed by atoms with E-state index in [0.29, 0.717) is 12.5 Å². The molecule has 1 aromatic rings. The number of hydrogen-bond donors (Lipinski definition) is 1. The molecule has 5 nitrogen and oxygen atoms in total. The van der Waals surface area contributed by atoms with E-state index >= 15 is 0 Å². The number of alkyl halides is 1. The van der Waals surface area contributed by atoms with Gasteiger partial charge in [-0.25, -0.2) is 18.1 Å². The van der Waals surface area contributed by atoms with Gasteiger partial charge in [0.1, 0.15) is 0 Å². The molecule has 16 heavy (non-hydrogen) atoms. The predicted octanol–water partition coefficient (Wildman–Crippen LogP) is 0.716. The first kappa shape index (κ1) is 11.9. The number of rotatable bonds is 4. The van der Waals surface area contributed by atoms with Gasteiger partial charge in [-0.3, -0.25) is 0 Å². The Kier molecular flexibility index (Phi) is 3.23. The fourth-order valence-electron chi connectivity index (χ4n) is 1.65. The molecule has 0 saturated heterocycles. The number of nitrogens with one attached hydrogen (secondary N) is 1. The first-order chi connectivity index (χ1) is 7.47. The Morgan fingerprint density at radius 2 is 2.31 bits per heavy atom. The van der Waals surface area contributed by atoms with E-state index in [9.17, 15) is 8.42 Å². The van der Waals surface area contributed by atoms with Gasteiger partial charge in [-0.05, 0) is 18.8 Å². The average molecular weight is 264 g/mol. The lowest BCUT2D eigenvalue weighted by atomic mass is 9.85. The Labute approximate surface area is 99.9 Å². The molecule has 1 N–H and O–H groups in total. The molecule has 1 heterocycles. The van der Waals surface area contributed by atoms with Gasteiger partial charge >= 0.3 is 0 Å². The molecule has 2 rings (SSSR count). The number of halogens is 1. The molecule has 90 valence electrons. The van der Waals surface area contributed by atoms with Crippen molar-refractivity contribution in [3.05, 3.63) is 12.5 Å². The highest BCUT2D eigenvalue weighted by Crippen LogP contribution is 2.31. The third kappa shape index (κ3) is 2.56. The zero-order valence-corrected chi connectivity index (χ0v) is 10.5. The lowest BCUT2D eigenvalue weighted by molar-refractivity contribution is 0.324. The number of hydrogen-bond acceptors (Lipinski definition) is 3. The summed E-state index contributed by atoms with van der Waals surface area (Å²) in [5.74, 6) is 0.362. The third-order valence-corrected chi connectivity index (χ3v) is 4.36. The quantitative estimate of drug-likeness (QED) is 0.814. The molecule has 1 aliphatic carbocycles. The molecule has 1 fully saturated rings. The van der Waals surface area contributed by atoms with Crippen molar-refractivity contribution in [3.63, 3.8) is 0 Å². The summed E-state index contributed by atoms with van der Waals surface area (Å²) in [5.41, 5.74) is 0. The molecule has 0 aliphatic heterocycles. The summed E-state index contributed by atoms with van der Waals surface area (Å²) < 4.78 is 27.7. The second-order valence-corrected chi connectivity index (χ2v) is 6.50. The van der Waals surface area contributed by atoms with E-state index in [-0.39, 0.29) is 10.4 Å². The first-order valence-corrected chi connectivity index (χ1v) is 7.01. The molecule has 0 spiro atoms. The van der Waals surface area contributed by atoms with E-state index in [0.717, 1.165) is 12.8 Å².